The summed E-state index contributed by atoms with van der Waals surface area (Å²) in [6.07, 6.45) is 1.05. The van der Waals surface area contributed by atoms with E-state index in [1.165, 1.54) is 0 Å². The smallest absolute Gasteiger partial charge is 0.226 e. The van der Waals surface area contributed by atoms with Gasteiger partial charge in [0.25, 0.3) is 0 Å². The van der Waals surface area contributed by atoms with E-state index in [0.29, 0.717) is 25.0 Å². The van der Waals surface area contributed by atoms with E-state index < -0.39 is 0 Å². The summed E-state index contributed by atoms with van der Waals surface area (Å²) in [5, 5.41) is 0. The fourth-order valence-corrected chi connectivity index (χ4v) is 2.57. The number of ether oxygens (including phenoxy) is 1. The summed E-state index contributed by atoms with van der Waals surface area (Å²) in [5.41, 5.74) is 7.62. The molecule has 4 nitrogen and oxygen atoms in total. The predicted molar refractivity (Wildman–Crippen MR) is 107 cm³/mol. The van der Waals surface area contributed by atoms with E-state index in [1.54, 1.807) is 6.92 Å². The van der Waals surface area contributed by atoms with Crippen LogP contribution in [0.15, 0.2) is 54.6 Å². The zero-order valence-electron chi connectivity index (χ0n) is 15.9. The highest BCUT2D eigenvalue weighted by Gasteiger charge is 2.16. The molecule has 2 N–H and O–H groups in total. The number of amides is 1. The van der Waals surface area contributed by atoms with Crippen molar-refractivity contribution in [1.82, 2.24) is 0 Å². The van der Waals surface area contributed by atoms with Gasteiger partial charge in [0.15, 0.2) is 0 Å². The van der Waals surface area contributed by atoms with Gasteiger partial charge in [0.2, 0.25) is 5.91 Å². The molecule has 0 saturated carbocycles. The van der Waals surface area contributed by atoms with Crippen LogP contribution < -0.4 is 15.4 Å². The van der Waals surface area contributed by atoms with E-state index in [-0.39, 0.29) is 5.91 Å². The molecule has 0 aliphatic heterocycles. The first-order valence-corrected chi connectivity index (χ1v) is 9.09. The highest BCUT2D eigenvalue weighted by Crippen LogP contribution is 2.22. The van der Waals surface area contributed by atoms with E-state index >= 15 is 0 Å². The molecular formula is C22H29N2O2. The number of carbonyl (C=O) groups excluding carboxylic acids is 1. The number of hydrogen-bond acceptors (Lipinski definition) is 3. The monoisotopic (exact) mass is 353 g/mol. The minimum absolute atomic E-state index is 0.345. The maximum absolute atomic E-state index is 11.4. The maximum Gasteiger partial charge on any atom is 0.226 e. The molecule has 0 aromatic heterocycles. The second-order valence-corrected chi connectivity index (χ2v) is 7.02. The first-order chi connectivity index (χ1) is 12.5. The van der Waals surface area contributed by atoms with Gasteiger partial charge in [-0.2, -0.15) is 0 Å². The number of benzene rings is 2. The second-order valence-electron chi connectivity index (χ2n) is 7.02. The molecule has 0 spiro atoms. The molecule has 1 radical (unpaired) electrons. The molecular weight excluding hydrogens is 324 g/mol. The van der Waals surface area contributed by atoms with Crippen LogP contribution in [0.1, 0.15) is 32.8 Å². The number of anilines is 1. The predicted octanol–water partition coefficient (Wildman–Crippen LogP) is 4.20. The van der Waals surface area contributed by atoms with E-state index in [2.05, 4.69) is 18.7 Å². The Bertz CT molecular complexity index is 668. The molecule has 0 unspecified atom stereocenters. The molecule has 139 valence electrons. The number of nitrogens with zero attached hydrogens (tertiary/aromatic N) is 1. The van der Waals surface area contributed by atoms with E-state index in [4.69, 9.17) is 10.5 Å². The highest BCUT2D eigenvalue weighted by atomic mass is 16.5. The molecule has 2 aromatic carbocycles. The topological polar surface area (TPSA) is 55.6 Å². The Labute approximate surface area is 157 Å². The minimum Gasteiger partial charge on any atom is -0.489 e. The van der Waals surface area contributed by atoms with Crippen LogP contribution in [-0.2, 0) is 11.4 Å². The Morgan fingerprint density at radius 2 is 1.73 bits per heavy atom. The van der Waals surface area contributed by atoms with Crippen molar-refractivity contribution < 1.29 is 9.53 Å². The lowest BCUT2D eigenvalue weighted by molar-refractivity contribution is -0.116. The molecule has 0 aliphatic carbocycles. The van der Waals surface area contributed by atoms with Crippen molar-refractivity contribution in [2.45, 2.75) is 33.8 Å². The van der Waals surface area contributed by atoms with Crippen molar-refractivity contribution in [2.75, 3.05) is 18.0 Å². The summed E-state index contributed by atoms with van der Waals surface area (Å²) in [6, 6.07) is 18.1. The van der Waals surface area contributed by atoms with Crippen LogP contribution in [0.5, 0.6) is 5.75 Å². The molecule has 0 atom stereocenters. The van der Waals surface area contributed by atoms with Gasteiger partial charge in [-0.1, -0.05) is 44.2 Å². The molecule has 0 saturated heterocycles. The van der Waals surface area contributed by atoms with Crippen molar-refractivity contribution in [2.24, 2.45) is 11.7 Å². The quantitative estimate of drug-likeness (QED) is 0.696. The van der Waals surface area contributed by atoms with Crippen LogP contribution >= 0.6 is 0 Å². The van der Waals surface area contributed by atoms with Gasteiger partial charge < -0.3 is 15.4 Å². The van der Waals surface area contributed by atoms with Gasteiger partial charge in [0.05, 0.1) is 5.92 Å². The van der Waals surface area contributed by atoms with Gasteiger partial charge in [-0.3, -0.25) is 4.79 Å². The van der Waals surface area contributed by atoms with Crippen molar-refractivity contribution in [3.63, 3.8) is 0 Å². The number of carbonyl (C=O) groups is 1. The zero-order chi connectivity index (χ0) is 18.9. The molecule has 0 aliphatic rings. The molecule has 1 amide bonds. The summed E-state index contributed by atoms with van der Waals surface area (Å²) < 4.78 is 5.85. The lowest BCUT2D eigenvalue weighted by atomic mass is 10.1. The first-order valence-electron chi connectivity index (χ1n) is 9.09. The van der Waals surface area contributed by atoms with Crippen LogP contribution in [0.2, 0.25) is 0 Å². The molecule has 4 heteroatoms. The van der Waals surface area contributed by atoms with Gasteiger partial charge in [-0.05, 0) is 49.1 Å². The maximum atomic E-state index is 11.4. The Morgan fingerprint density at radius 1 is 1.08 bits per heavy atom. The summed E-state index contributed by atoms with van der Waals surface area (Å²) in [5.74, 6) is 1.75. The normalized spacial score (nSPS) is 11.0. The van der Waals surface area contributed by atoms with E-state index in [0.717, 1.165) is 30.0 Å². The third kappa shape index (κ3) is 6.43. The van der Waals surface area contributed by atoms with Crippen molar-refractivity contribution >= 4 is 11.6 Å². The minimum atomic E-state index is -0.345. The van der Waals surface area contributed by atoms with Gasteiger partial charge >= 0.3 is 0 Å². The van der Waals surface area contributed by atoms with Crippen LogP contribution in [-0.4, -0.2) is 19.0 Å². The lowest BCUT2D eigenvalue weighted by Crippen LogP contribution is -2.34. The van der Waals surface area contributed by atoms with Crippen LogP contribution in [0.25, 0.3) is 0 Å². The van der Waals surface area contributed by atoms with Gasteiger partial charge in [-0.15, -0.1) is 0 Å². The first kappa shape index (κ1) is 19.8. The number of nitrogens with two attached hydrogens (primary N) is 1. The van der Waals surface area contributed by atoms with Crippen LogP contribution in [0.3, 0.4) is 0 Å². The largest absolute Gasteiger partial charge is 0.489 e. The fraction of sp³-hybridized carbons (Fsp3) is 0.364. The molecule has 0 fully saturated rings. The third-order valence-electron chi connectivity index (χ3n) is 4.28. The molecule has 0 heterocycles. The van der Waals surface area contributed by atoms with Crippen molar-refractivity contribution in [1.29, 1.82) is 0 Å². The SMILES string of the molecule is C[C](CN(CCC(C)C)c1ccc(OCc2ccccc2)cc1)C(N)=O. The highest BCUT2D eigenvalue weighted by molar-refractivity contribution is 5.88. The number of primary amides is 1. The number of hydrogen-bond donors (Lipinski definition) is 1. The van der Waals surface area contributed by atoms with E-state index in [9.17, 15) is 4.79 Å². The summed E-state index contributed by atoms with van der Waals surface area (Å²) in [6.45, 7) is 8.17. The molecule has 2 rings (SSSR count). The zero-order valence-corrected chi connectivity index (χ0v) is 15.9. The summed E-state index contributed by atoms with van der Waals surface area (Å²) in [7, 11) is 0. The molecule has 26 heavy (non-hydrogen) atoms. The molecule has 2 aromatic rings. The standard InChI is InChI=1S/C22H29N2O2/c1-17(2)13-14-24(15-18(3)22(23)25)20-9-11-21(12-10-20)26-16-19-7-5-4-6-8-19/h4-12,17H,13-16H2,1-3H3,(H2,23,25). The van der Waals surface area contributed by atoms with Gasteiger partial charge in [-0.25, -0.2) is 0 Å². The number of rotatable bonds is 10. The Balaban J connectivity index is 2.01. The third-order valence-corrected chi connectivity index (χ3v) is 4.28. The van der Waals surface area contributed by atoms with E-state index in [1.807, 2.05) is 54.6 Å². The van der Waals surface area contributed by atoms with Gasteiger partial charge in [0, 0.05) is 18.8 Å². The Kier molecular flexibility index (Phi) is 7.52. The van der Waals surface area contributed by atoms with Crippen LogP contribution in [0.4, 0.5) is 5.69 Å². The Morgan fingerprint density at radius 3 is 2.31 bits per heavy atom. The average Bonchev–Trinajstić information content (AvgIpc) is 2.64. The van der Waals surface area contributed by atoms with Gasteiger partial charge in [0.1, 0.15) is 12.4 Å². The average molecular weight is 353 g/mol. The Hall–Kier alpha value is -2.49. The molecule has 0 bridgehead atoms. The summed E-state index contributed by atoms with van der Waals surface area (Å²) in [4.78, 5) is 13.6. The van der Waals surface area contributed by atoms with Crippen molar-refractivity contribution in [3.05, 3.63) is 66.1 Å². The lowest BCUT2D eigenvalue weighted by Gasteiger charge is -2.27. The van der Waals surface area contributed by atoms with Crippen molar-refractivity contribution in [3.8, 4) is 5.75 Å². The fourth-order valence-electron chi connectivity index (χ4n) is 2.57. The second kappa shape index (κ2) is 9.85. The summed E-state index contributed by atoms with van der Waals surface area (Å²) >= 11 is 0. The van der Waals surface area contributed by atoms with Crippen LogP contribution in [0, 0.1) is 11.8 Å².